The van der Waals surface area contributed by atoms with E-state index in [0.717, 1.165) is 12.8 Å². The zero-order valence-corrected chi connectivity index (χ0v) is 10.5. The van der Waals surface area contributed by atoms with Crippen LogP contribution in [0.25, 0.3) is 0 Å². The maximum atomic E-state index is 12.1. The van der Waals surface area contributed by atoms with E-state index in [1.54, 1.807) is 0 Å². The second-order valence-electron chi connectivity index (χ2n) is 4.99. The minimum absolute atomic E-state index is 0.0405. The van der Waals surface area contributed by atoms with E-state index in [1.807, 2.05) is 31.2 Å². The van der Waals surface area contributed by atoms with Crippen molar-refractivity contribution in [2.75, 3.05) is 6.54 Å². The largest absolute Gasteiger partial charge is 0.481 e. The zero-order chi connectivity index (χ0) is 13.1. The van der Waals surface area contributed by atoms with Crippen molar-refractivity contribution in [2.24, 2.45) is 23.7 Å². The summed E-state index contributed by atoms with van der Waals surface area (Å²) in [6.45, 7) is 2.51. The van der Waals surface area contributed by atoms with Crippen molar-refractivity contribution in [1.82, 2.24) is 5.32 Å². The third-order valence-electron chi connectivity index (χ3n) is 3.89. The molecule has 18 heavy (non-hydrogen) atoms. The summed E-state index contributed by atoms with van der Waals surface area (Å²) in [6.07, 6.45) is 9.47. The molecule has 0 aliphatic heterocycles. The Hall–Kier alpha value is -1.58. The maximum absolute atomic E-state index is 12.1. The molecular formula is C14H19NO3. The summed E-state index contributed by atoms with van der Waals surface area (Å²) in [5.74, 6) is -1.73. The second-order valence-corrected chi connectivity index (χ2v) is 4.99. The van der Waals surface area contributed by atoms with Gasteiger partial charge in [-0.2, -0.15) is 0 Å². The number of allylic oxidation sites excluding steroid dienone is 3. The molecule has 0 spiro atoms. The summed E-state index contributed by atoms with van der Waals surface area (Å²) in [4.78, 5) is 23.3. The molecule has 2 aliphatic carbocycles. The van der Waals surface area contributed by atoms with Crippen LogP contribution in [0, 0.1) is 23.7 Å². The lowest BCUT2D eigenvalue weighted by Gasteiger charge is -2.23. The molecule has 0 aromatic rings. The summed E-state index contributed by atoms with van der Waals surface area (Å²) >= 11 is 0. The number of hydrogen-bond donors (Lipinski definition) is 2. The van der Waals surface area contributed by atoms with Crippen LogP contribution in [0.3, 0.4) is 0 Å². The van der Waals surface area contributed by atoms with Crippen molar-refractivity contribution < 1.29 is 14.7 Å². The number of fused-ring (bicyclic) bond motifs is 2. The van der Waals surface area contributed by atoms with Gasteiger partial charge in [-0.3, -0.25) is 9.59 Å². The molecule has 4 heteroatoms. The van der Waals surface area contributed by atoms with Gasteiger partial charge < -0.3 is 10.4 Å². The smallest absolute Gasteiger partial charge is 0.307 e. The molecule has 0 heterocycles. The highest BCUT2D eigenvalue weighted by Crippen LogP contribution is 2.48. The first-order chi connectivity index (χ1) is 8.65. The first kappa shape index (κ1) is 12.9. The fourth-order valence-corrected chi connectivity index (χ4v) is 3.08. The monoisotopic (exact) mass is 249 g/mol. The Bertz CT molecular complexity index is 400. The Kier molecular flexibility index (Phi) is 3.84. The van der Waals surface area contributed by atoms with Gasteiger partial charge >= 0.3 is 5.97 Å². The predicted octanol–water partition coefficient (Wildman–Crippen LogP) is 1.59. The summed E-state index contributed by atoms with van der Waals surface area (Å²) < 4.78 is 0. The normalized spacial score (nSPS) is 33.2. The molecule has 0 aromatic heterocycles. The number of nitrogens with one attached hydrogen (secondary N) is 1. The molecule has 1 saturated carbocycles. The number of carboxylic acid groups (broad SMARTS) is 1. The molecule has 2 aliphatic rings. The quantitative estimate of drug-likeness (QED) is 0.574. The number of amides is 1. The highest BCUT2D eigenvalue weighted by Gasteiger charge is 2.51. The molecule has 1 fully saturated rings. The standard InChI is InChI=1S/C14H19NO3/c1-2-3-4-7-15-13(16)11-9-5-6-10(8-9)12(11)14(17)18/h2-3,5-6,9-12H,4,7-8H2,1H3,(H,15,16)(H,17,18)/b3-2+/t9?,10?,11-,12+/m0/s1. The number of carboxylic acids is 1. The van der Waals surface area contributed by atoms with Crippen molar-refractivity contribution in [3.63, 3.8) is 0 Å². The van der Waals surface area contributed by atoms with Gasteiger partial charge in [0.15, 0.2) is 0 Å². The van der Waals surface area contributed by atoms with E-state index in [0.29, 0.717) is 6.54 Å². The van der Waals surface area contributed by atoms with Crippen molar-refractivity contribution in [1.29, 1.82) is 0 Å². The summed E-state index contributed by atoms with van der Waals surface area (Å²) in [6, 6.07) is 0. The van der Waals surface area contributed by atoms with Gasteiger partial charge in [-0.25, -0.2) is 0 Å². The van der Waals surface area contributed by atoms with Gasteiger partial charge in [0.25, 0.3) is 0 Å². The lowest BCUT2D eigenvalue weighted by atomic mass is 9.82. The number of carbonyl (C=O) groups is 2. The summed E-state index contributed by atoms with van der Waals surface area (Å²) in [7, 11) is 0. The SMILES string of the molecule is C/C=C/CCNC(=O)[C@H]1C2C=CC(C2)[C@H]1C(=O)O. The van der Waals surface area contributed by atoms with Crippen LogP contribution >= 0.6 is 0 Å². The van der Waals surface area contributed by atoms with E-state index in [-0.39, 0.29) is 23.7 Å². The fourth-order valence-electron chi connectivity index (χ4n) is 3.08. The molecule has 98 valence electrons. The van der Waals surface area contributed by atoms with Crippen LogP contribution < -0.4 is 5.32 Å². The van der Waals surface area contributed by atoms with Crippen molar-refractivity contribution in [2.45, 2.75) is 19.8 Å². The Morgan fingerprint density at radius 3 is 2.61 bits per heavy atom. The van der Waals surface area contributed by atoms with E-state index >= 15 is 0 Å². The first-order valence-corrected chi connectivity index (χ1v) is 6.45. The summed E-state index contributed by atoms with van der Waals surface area (Å²) in [5.41, 5.74) is 0. The van der Waals surface area contributed by atoms with Crippen LogP contribution in [0.1, 0.15) is 19.8 Å². The van der Waals surface area contributed by atoms with Gasteiger partial charge in [0.1, 0.15) is 0 Å². The molecular weight excluding hydrogens is 230 g/mol. The van der Waals surface area contributed by atoms with Gasteiger partial charge in [0, 0.05) is 6.54 Å². The molecule has 0 saturated heterocycles. The van der Waals surface area contributed by atoms with Gasteiger partial charge in [-0.15, -0.1) is 0 Å². The van der Waals surface area contributed by atoms with E-state index in [1.165, 1.54) is 0 Å². The Morgan fingerprint density at radius 1 is 1.33 bits per heavy atom. The average Bonchev–Trinajstić information content (AvgIpc) is 2.94. The molecule has 2 bridgehead atoms. The van der Waals surface area contributed by atoms with Gasteiger partial charge in [-0.05, 0) is 31.6 Å². The molecule has 2 N–H and O–H groups in total. The third kappa shape index (κ3) is 2.33. The third-order valence-corrected chi connectivity index (χ3v) is 3.89. The molecule has 0 aromatic carbocycles. The van der Waals surface area contributed by atoms with Crippen LogP contribution in [0.2, 0.25) is 0 Å². The minimum atomic E-state index is -0.847. The fraction of sp³-hybridized carbons (Fsp3) is 0.571. The minimum Gasteiger partial charge on any atom is -0.481 e. The van der Waals surface area contributed by atoms with Gasteiger partial charge in [0.05, 0.1) is 11.8 Å². The van der Waals surface area contributed by atoms with Crippen LogP contribution in [0.15, 0.2) is 24.3 Å². The molecule has 4 atom stereocenters. The topological polar surface area (TPSA) is 66.4 Å². The molecule has 0 radical (unpaired) electrons. The van der Waals surface area contributed by atoms with Crippen molar-refractivity contribution in [3.8, 4) is 0 Å². The lowest BCUT2D eigenvalue weighted by molar-refractivity contribution is -0.147. The Balaban J connectivity index is 1.96. The molecule has 2 unspecified atom stereocenters. The molecule has 2 rings (SSSR count). The van der Waals surface area contributed by atoms with Gasteiger partial charge in [0.2, 0.25) is 5.91 Å². The summed E-state index contributed by atoms with van der Waals surface area (Å²) in [5, 5.41) is 12.1. The lowest BCUT2D eigenvalue weighted by Crippen LogP contribution is -2.40. The zero-order valence-electron chi connectivity index (χ0n) is 10.5. The number of aliphatic carboxylic acids is 1. The number of rotatable bonds is 5. The van der Waals surface area contributed by atoms with Crippen LogP contribution in [0.4, 0.5) is 0 Å². The van der Waals surface area contributed by atoms with E-state index in [9.17, 15) is 14.7 Å². The highest BCUT2D eigenvalue weighted by atomic mass is 16.4. The maximum Gasteiger partial charge on any atom is 0.307 e. The van der Waals surface area contributed by atoms with Crippen molar-refractivity contribution >= 4 is 11.9 Å². The average molecular weight is 249 g/mol. The first-order valence-electron chi connectivity index (χ1n) is 6.45. The highest BCUT2D eigenvalue weighted by molar-refractivity contribution is 5.86. The molecule has 4 nitrogen and oxygen atoms in total. The van der Waals surface area contributed by atoms with Crippen LogP contribution in [0.5, 0.6) is 0 Å². The number of hydrogen-bond acceptors (Lipinski definition) is 2. The predicted molar refractivity (Wildman–Crippen MR) is 67.8 cm³/mol. The van der Waals surface area contributed by atoms with Crippen LogP contribution in [-0.2, 0) is 9.59 Å². The van der Waals surface area contributed by atoms with E-state index < -0.39 is 11.9 Å². The van der Waals surface area contributed by atoms with E-state index in [2.05, 4.69) is 5.32 Å². The van der Waals surface area contributed by atoms with Crippen molar-refractivity contribution in [3.05, 3.63) is 24.3 Å². The second kappa shape index (κ2) is 5.38. The van der Waals surface area contributed by atoms with E-state index in [4.69, 9.17) is 0 Å². The van der Waals surface area contributed by atoms with Gasteiger partial charge in [-0.1, -0.05) is 24.3 Å². The molecule has 1 amide bonds. The number of carbonyl (C=O) groups excluding carboxylic acids is 1. The Morgan fingerprint density at radius 2 is 2.00 bits per heavy atom. The van der Waals surface area contributed by atoms with Crippen LogP contribution in [-0.4, -0.2) is 23.5 Å². The Labute approximate surface area is 107 Å².